The summed E-state index contributed by atoms with van der Waals surface area (Å²) in [6, 6.07) is 1.85. The van der Waals surface area contributed by atoms with Crippen molar-refractivity contribution in [1.29, 1.82) is 0 Å². The first kappa shape index (κ1) is 16.4. The van der Waals surface area contributed by atoms with E-state index in [0.717, 1.165) is 8.63 Å². The predicted molar refractivity (Wildman–Crippen MR) is 82.6 cm³/mol. The molecule has 0 bridgehead atoms. The lowest BCUT2D eigenvalue weighted by atomic mass is 10.5. The van der Waals surface area contributed by atoms with Gasteiger partial charge in [-0.2, -0.15) is 0 Å². The summed E-state index contributed by atoms with van der Waals surface area (Å²) < 4.78 is 29.8. The van der Waals surface area contributed by atoms with Gasteiger partial charge in [0.25, 0.3) is 0 Å². The van der Waals surface area contributed by atoms with Crippen LogP contribution in [0.25, 0.3) is 0 Å². The number of hydrogen-bond donors (Lipinski definition) is 0. The Kier molecular flexibility index (Phi) is 6.61. The smallest absolute Gasteiger partial charge is 0.368 e. The quantitative estimate of drug-likeness (QED) is 0.487. The number of rotatable bonds is 7. The molecule has 0 N–H and O–H groups in total. The largest absolute Gasteiger partial charge is 0.479 e. The van der Waals surface area contributed by atoms with Gasteiger partial charge in [0.1, 0.15) is 8.63 Å². The number of thiophene rings is 1. The van der Waals surface area contributed by atoms with Crippen LogP contribution >= 0.6 is 41.5 Å². The van der Waals surface area contributed by atoms with Gasteiger partial charge in [0.05, 0.1) is 12.2 Å². The zero-order valence-electron chi connectivity index (χ0n) is 10.9. The number of ether oxygens (including phenoxy) is 1. The van der Waals surface area contributed by atoms with E-state index in [-0.39, 0.29) is 18.6 Å². The summed E-state index contributed by atoms with van der Waals surface area (Å²) in [6.45, 7) is 7.30. The van der Waals surface area contributed by atoms with E-state index >= 15 is 0 Å². The minimum absolute atomic E-state index is 0.0594. The van der Waals surface area contributed by atoms with Crippen molar-refractivity contribution < 1.29 is 18.3 Å². The topological polar surface area (TPSA) is 44.8 Å². The summed E-state index contributed by atoms with van der Waals surface area (Å²) in [5.74, 6) is 0.723. The highest BCUT2D eigenvalue weighted by atomic mass is 127. The molecule has 1 rings (SSSR count). The van der Waals surface area contributed by atoms with Crippen LogP contribution in [0.2, 0.25) is 0 Å². The molecule has 0 aliphatic carbocycles. The Labute approximate surface area is 126 Å². The maximum atomic E-state index is 12.5. The van der Waals surface area contributed by atoms with Crippen molar-refractivity contribution in [2.45, 2.75) is 39.9 Å². The molecule has 0 unspecified atom stereocenters. The molecule has 0 aliphatic rings. The first-order chi connectivity index (χ1) is 8.32. The van der Waals surface area contributed by atoms with Crippen molar-refractivity contribution >= 4 is 41.5 Å². The van der Waals surface area contributed by atoms with Crippen LogP contribution in [0.1, 0.15) is 27.7 Å². The summed E-state index contributed by atoms with van der Waals surface area (Å²) >= 11 is 3.75. The lowest BCUT2D eigenvalue weighted by Gasteiger charge is -2.22. The zero-order valence-corrected chi connectivity index (χ0v) is 14.8. The molecule has 0 radical (unpaired) electrons. The predicted octanol–water partition coefficient (Wildman–Crippen LogP) is 4.73. The van der Waals surface area contributed by atoms with E-state index in [1.165, 1.54) is 0 Å². The summed E-state index contributed by atoms with van der Waals surface area (Å²) in [4.78, 5) is 0. The third kappa shape index (κ3) is 5.57. The van der Waals surface area contributed by atoms with Crippen LogP contribution in [0.5, 0.6) is 5.75 Å². The van der Waals surface area contributed by atoms with Crippen LogP contribution < -0.4 is 4.74 Å². The van der Waals surface area contributed by atoms with E-state index in [4.69, 9.17) is 13.8 Å². The fraction of sp³-hybridized carbons (Fsp3) is 0.636. The monoisotopic (exact) mass is 404 g/mol. The lowest BCUT2D eigenvalue weighted by Crippen LogP contribution is -2.13. The Bertz CT molecular complexity index is 405. The molecule has 104 valence electrons. The number of hydrogen-bond acceptors (Lipinski definition) is 5. The molecule has 0 aliphatic heterocycles. The minimum atomic E-state index is -3.21. The molecule has 0 amide bonds. The Morgan fingerprint density at radius 1 is 1.28 bits per heavy atom. The van der Waals surface area contributed by atoms with Gasteiger partial charge in [-0.3, -0.25) is 4.57 Å². The average molecular weight is 404 g/mol. The molecule has 0 spiro atoms. The maximum absolute atomic E-state index is 12.5. The van der Waals surface area contributed by atoms with E-state index in [1.807, 2.05) is 39.1 Å². The molecule has 0 aromatic carbocycles. The van der Waals surface area contributed by atoms with E-state index in [1.54, 1.807) is 11.3 Å². The van der Waals surface area contributed by atoms with Gasteiger partial charge in [0.2, 0.25) is 0 Å². The van der Waals surface area contributed by atoms with Gasteiger partial charge in [-0.15, -0.1) is 11.3 Å². The molecule has 0 fully saturated rings. The molecule has 1 aromatic rings. The van der Waals surface area contributed by atoms with Crippen molar-refractivity contribution in [3.05, 3.63) is 14.3 Å². The molecule has 18 heavy (non-hydrogen) atoms. The minimum Gasteiger partial charge on any atom is -0.479 e. The second-order valence-corrected chi connectivity index (χ2v) is 8.88. The van der Waals surface area contributed by atoms with Gasteiger partial charge in [-0.05, 0) is 61.7 Å². The van der Waals surface area contributed by atoms with Gasteiger partial charge in [-0.25, -0.2) is 0 Å². The Morgan fingerprint density at radius 2 is 1.83 bits per heavy atom. The van der Waals surface area contributed by atoms with Gasteiger partial charge < -0.3 is 13.8 Å². The van der Waals surface area contributed by atoms with Crippen LogP contribution in [-0.4, -0.2) is 18.6 Å². The highest BCUT2D eigenvalue weighted by molar-refractivity contribution is 14.1. The van der Waals surface area contributed by atoms with Crippen LogP contribution in [0.4, 0.5) is 0 Å². The van der Waals surface area contributed by atoms with Crippen LogP contribution in [0.3, 0.4) is 0 Å². The van der Waals surface area contributed by atoms with Crippen LogP contribution in [0.15, 0.2) is 11.4 Å². The molecular weight excluding hydrogens is 386 g/mol. The molecule has 0 saturated carbocycles. The lowest BCUT2D eigenvalue weighted by molar-refractivity contribution is 0.129. The average Bonchev–Trinajstić information content (AvgIpc) is 2.58. The molecule has 0 saturated heterocycles. The Morgan fingerprint density at radius 3 is 2.22 bits per heavy atom. The van der Waals surface area contributed by atoms with E-state index in [9.17, 15) is 4.57 Å². The van der Waals surface area contributed by atoms with E-state index < -0.39 is 7.60 Å². The van der Waals surface area contributed by atoms with Gasteiger partial charge in [-0.1, -0.05) is 0 Å². The zero-order chi connectivity index (χ0) is 13.8. The van der Waals surface area contributed by atoms with Crippen molar-refractivity contribution in [3.8, 4) is 5.75 Å². The van der Waals surface area contributed by atoms with Crippen molar-refractivity contribution in [3.63, 3.8) is 0 Å². The van der Waals surface area contributed by atoms with Gasteiger partial charge in [0, 0.05) is 0 Å². The van der Waals surface area contributed by atoms with Gasteiger partial charge >= 0.3 is 7.60 Å². The maximum Gasteiger partial charge on any atom is 0.368 e. The Hall–Kier alpha value is 0.380. The molecular formula is C11H18IO4PS. The third-order valence-corrected chi connectivity index (χ3v) is 5.61. The normalized spacial score (nSPS) is 12.4. The molecule has 4 nitrogen and oxygen atoms in total. The fourth-order valence-corrected chi connectivity index (χ4v) is 4.34. The van der Waals surface area contributed by atoms with Crippen molar-refractivity contribution in [2.24, 2.45) is 0 Å². The summed E-state index contributed by atoms with van der Waals surface area (Å²) in [6.07, 6.45) is -0.393. The van der Waals surface area contributed by atoms with Crippen LogP contribution in [-0.2, 0) is 13.6 Å². The second kappa shape index (κ2) is 7.24. The van der Waals surface area contributed by atoms with Gasteiger partial charge in [0.15, 0.2) is 6.35 Å². The van der Waals surface area contributed by atoms with Crippen molar-refractivity contribution in [1.82, 2.24) is 0 Å². The summed E-state index contributed by atoms with van der Waals surface area (Å²) in [5.41, 5.74) is 0. The first-order valence-corrected chi connectivity index (χ1v) is 9.32. The molecule has 1 aromatic heterocycles. The van der Waals surface area contributed by atoms with Crippen LogP contribution in [0, 0.1) is 2.88 Å². The summed E-state index contributed by atoms with van der Waals surface area (Å²) in [5, 5.41) is 1.93. The highest BCUT2D eigenvalue weighted by Gasteiger charge is 2.29. The summed E-state index contributed by atoms with van der Waals surface area (Å²) in [7, 11) is -3.21. The number of halogens is 1. The van der Waals surface area contributed by atoms with E-state index in [0.29, 0.717) is 0 Å². The standard InChI is InChI=1S/C11H18IO4PS/c1-8(2)15-17(13,16-9(3)4)7-14-10-5-6-18-11(10)12/h5-6,8-9H,7H2,1-4H3. The molecule has 1 heterocycles. The highest BCUT2D eigenvalue weighted by Crippen LogP contribution is 2.50. The Balaban J connectivity index is 2.67. The molecule has 0 atom stereocenters. The van der Waals surface area contributed by atoms with E-state index in [2.05, 4.69) is 22.6 Å². The fourth-order valence-electron chi connectivity index (χ4n) is 1.26. The SMILES string of the molecule is CC(C)OP(=O)(COc1ccsc1I)OC(C)C. The molecule has 7 heteroatoms. The second-order valence-electron chi connectivity index (χ2n) is 4.25. The first-order valence-electron chi connectivity index (χ1n) is 5.64. The third-order valence-electron chi connectivity index (χ3n) is 1.71. The van der Waals surface area contributed by atoms with Crippen molar-refractivity contribution in [2.75, 3.05) is 6.35 Å².